The van der Waals surface area contributed by atoms with E-state index < -0.39 is 0 Å². The maximum atomic E-state index is 4.56. The van der Waals surface area contributed by atoms with Crippen LogP contribution in [0.2, 0.25) is 0 Å². The summed E-state index contributed by atoms with van der Waals surface area (Å²) >= 11 is 1.81. The van der Waals surface area contributed by atoms with Crippen molar-refractivity contribution in [3.63, 3.8) is 0 Å². The molecule has 1 heterocycles. The molecule has 2 rings (SSSR count). The molecule has 0 amide bonds. The molecule has 0 atom stereocenters. The molecule has 2 nitrogen and oxygen atoms in total. The van der Waals surface area contributed by atoms with E-state index in [1.807, 2.05) is 17.5 Å². The Morgan fingerprint density at radius 1 is 1.41 bits per heavy atom. The molecule has 3 heteroatoms. The number of nitrogens with zero attached hydrogens (tertiary/aromatic N) is 1. The zero-order valence-electron chi connectivity index (χ0n) is 11.0. The lowest BCUT2D eigenvalue weighted by atomic mass is 9.75. The Hall–Kier alpha value is -0.410. The summed E-state index contributed by atoms with van der Waals surface area (Å²) in [7, 11) is 0. The van der Waals surface area contributed by atoms with Gasteiger partial charge in [0.1, 0.15) is 5.01 Å². The Bertz CT molecular complexity index is 313. The van der Waals surface area contributed by atoms with Crippen molar-refractivity contribution < 1.29 is 0 Å². The van der Waals surface area contributed by atoms with Crippen molar-refractivity contribution in [2.45, 2.75) is 57.9 Å². The molecule has 1 aromatic rings. The summed E-state index contributed by atoms with van der Waals surface area (Å²) in [5, 5.41) is 7.11. The highest BCUT2D eigenvalue weighted by Crippen LogP contribution is 2.41. The molecule has 1 aliphatic rings. The molecule has 96 valence electrons. The van der Waals surface area contributed by atoms with Crippen molar-refractivity contribution in [3.05, 3.63) is 16.6 Å². The molecule has 1 aliphatic carbocycles. The maximum absolute atomic E-state index is 4.56. The van der Waals surface area contributed by atoms with Crippen molar-refractivity contribution in [1.29, 1.82) is 0 Å². The van der Waals surface area contributed by atoms with E-state index >= 15 is 0 Å². The number of nitrogens with one attached hydrogen (secondary N) is 1. The van der Waals surface area contributed by atoms with Crippen LogP contribution in [0, 0.1) is 5.92 Å². The summed E-state index contributed by atoms with van der Waals surface area (Å²) in [6, 6.07) is 0. The van der Waals surface area contributed by atoms with E-state index in [1.54, 1.807) is 0 Å². The standard InChI is InChI=1S/C14H24N2S/c1-3-5-12-6-8-14(9-7-12,16-4-2)13-15-10-11-17-13/h10-12,16H,3-9H2,1-2H3. The monoisotopic (exact) mass is 252 g/mol. The van der Waals surface area contributed by atoms with Crippen LogP contribution in [-0.4, -0.2) is 11.5 Å². The fourth-order valence-corrected chi connectivity index (χ4v) is 4.01. The van der Waals surface area contributed by atoms with E-state index in [1.165, 1.54) is 43.5 Å². The van der Waals surface area contributed by atoms with Gasteiger partial charge in [-0.2, -0.15) is 0 Å². The second kappa shape index (κ2) is 5.96. The minimum Gasteiger partial charge on any atom is -0.306 e. The summed E-state index contributed by atoms with van der Waals surface area (Å²) < 4.78 is 0. The molecule has 0 spiro atoms. The van der Waals surface area contributed by atoms with E-state index in [2.05, 4.69) is 29.5 Å². The second-order valence-electron chi connectivity index (χ2n) is 5.18. The van der Waals surface area contributed by atoms with E-state index in [4.69, 9.17) is 0 Å². The number of hydrogen-bond donors (Lipinski definition) is 1. The van der Waals surface area contributed by atoms with Crippen LogP contribution < -0.4 is 5.32 Å². The lowest BCUT2D eigenvalue weighted by Crippen LogP contribution is -2.45. The molecule has 1 N–H and O–H groups in total. The summed E-state index contributed by atoms with van der Waals surface area (Å²) in [6.07, 6.45) is 9.92. The topological polar surface area (TPSA) is 24.9 Å². The summed E-state index contributed by atoms with van der Waals surface area (Å²) in [5.41, 5.74) is 0.188. The SMILES string of the molecule is CCCC1CCC(NCC)(c2nccs2)CC1. The highest BCUT2D eigenvalue weighted by atomic mass is 32.1. The zero-order valence-corrected chi connectivity index (χ0v) is 11.9. The first-order valence-corrected chi connectivity index (χ1v) is 7.83. The first-order chi connectivity index (χ1) is 8.30. The van der Waals surface area contributed by atoms with Gasteiger partial charge >= 0.3 is 0 Å². The Labute approximate surface area is 109 Å². The van der Waals surface area contributed by atoms with Crippen LogP contribution in [0.4, 0.5) is 0 Å². The first-order valence-electron chi connectivity index (χ1n) is 6.95. The fraction of sp³-hybridized carbons (Fsp3) is 0.786. The summed E-state index contributed by atoms with van der Waals surface area (Å²) in [6.45, 7) is 5.54. The third kappa shape index (κ3) is 2.89. The third-order valence-electron chi connectivity index (χ3n) is 4.01. The summed E-state index contributed by atoms with van der Waals surface area (Å²) in [4.78, 5) is 4.56. The van der Waals surface area contributed by atoms with Crippen LogP contribution >= 0.6 is 11.3 Å². The fourth-order valence-electron chi connectivity index (χ4n) is 3.13. The quantitative estimate of drug-likeness (QED) is 0.858. The molecule has 0 radical (unpaired) electrons. The van der Waals surface area contributed by atoms with Gasteiger partial charge in [-0.1, -0.05) is 26.7 Å². The lowest BCUT2D eigenvalue weighted by molar-refractivity contribution is 0.184. The lowest BCUT2D eigenvalue weighted by Gasteiger charge is -2.39. The second-order valence-corrected chi connectivity index (χ2v) is 6.08. The zero-order chi connectivity index (χ0) is 12.1. The van der Waals surface area contributed by atoms with Gasteiger partial charge in [0.15, 0.2) is 0 Å². The van der Waals surface area contributed by atoms with E-state index in [0.717, 1.165) is 12.5 Å². The Morgan fingerprint density at radius 3 is 2.71 bits per heavy atom. The molecule has 17 heavy (non-hydrogen) atoms. The Balaban J connectivity index is 2.05. The minimum atomic E-state index is 0.188. The van der Waals surface area contributed by atoms with Gasteiger partial charge in [0, 0.05) is 11.6 Å². The van der Waals surface area contributed by atoms with Crippen LogP contribution in [0.1, 0.15) is 57.4 Å². The van der Waals surface area contributed by atoms with E-state index in [9.17, 15) is 0 Å². The van der Waals surface area contributed by atoms with Crippen LogP contribution in [0.15, 0.2) is 11.6 Å². The summed E-state index contributed by atoms with van der Waals surface area (Å²) in [5.74, 6) is 0.951. The maximum Gasteiger partial charge on any atom is 0.113 e. The van der Waals surface area contributed by atoms with Crippen LogP contribution in [-0.2, 0) is 5.54 Å². The number of rotatable bonds is 5. The molecule has 0 saturated heterocycles. The van der Waals surface area contributed by atoms with Crippen molar-refractivity contribution in [1.82, 2.24) is 10.3 Å². The normalized spacial score (nSPS) is 29.4. The highest BCUT2D eigenvalue weighted by Gasteiger charge is 2.37. The number of thiazole rings is 1. The van der Waals surface area contributed by atoms with E-state index in [0.29, 0.717) is 0 Å². The van der Waals surface area contributed by atoms with Crippen LogP contribution in [0.25, 0.3) is 0 Å². The van der Waals surface area contributed by atoms with Crippen molar-refractivity contribution in [3.8, 4) is 0 Å². The predicted octanol–water partition coefficient (Wildman–Crippen LogP) is 3.94. The molecule has 1 aromatic heterocycles. The molecule has 0 aliphatic heterocycles. The Morgan fingerprint density at radius 2 is 2.18 bits per heavy atom. The van der Waals surface area contributed by atoms with Gasteiger partial charge in [-0.3, -0.25) is 0 Å². The molecule has 0 aromatic carbocycles. The van der Waals surface area contributed by atoms with Crippen molar-refractivity contribution in [2.24, 2.45) is 5.92 Å². The van der Waals surface area contributed by atoms with E-state index in [-0.39, 0.29) is 5.54 Å². The molecule has 0 bridgehead atoms. The molecular formula is C14H24N2S. The number of hydrogen-bond acceptors (Lipinski definition) is 3. The van der Waals surface area contributed by atoms with Gasteiger partial charge in [-0.05, 0) is 38.1 Å². The molecule has 1 fully saturated rings. The Kier molecular flexibility index (Phi) is 4.57. The largest absolute Gasteiger partial charge is 0.306 e. The minimum absolute atomic E-state index is 0.188. The van der Waals surface area contributed by atoms with Gasteiger partial charge in [-0.15, -0.1) is 11.3 Å². The molecule has 1 saturated carbocycles. The first kappa shape index (κ1) is 13.0. The van der Waals surface area contributed by atoms with Crippen LogP contribution in [0.5, 0.6) is 0 Å². The molecule has 0 unspecified atom stereocenters. The highest BCUT2D eigenvalue weighted by molar-refractivity contribution is 7.09. The predicted molar refractivity (Wildman–Crippen MR) is 74.3 cm³/mol. The van der Waals surface area contributed by atoms with Gasteiger partial charge in [0.2, 0.25) is 0 Å². The van der Waals surface area contributed by atoms with Crippen molar-refractivity contribution >= 4 is 11.3 Å². The van der Waals surface area contributed by atoms with Crippen LogP contribution in [0.3, 0.4) is 0 Å². The van der Waals surface area contributed by atoms with Crippen molar-refractivity contribution in [2.75, 3.05) is 6.54 Å². The van der Waals surface area contributed by atoms with Gasteiger partial charge in [0.25, 0.3) is 0 Å². The van der Waals surface area contributed by atoms with Gasteiger partial charge in [-0.25, -0.2) is 4.98 Å². The average Bonchev–Trinajstić information content (AvgIpc) is 2.87. The average molecular weight is 252 g/mol. The molecular weight excluding hydrogens is 228 g/mol. The van der Waals surface area contributed by atoms with Gasteiger partial charge < -0.3 is 5.32 Å². The number of aromatic nitrogens is 1. The smallest absolute Gasteiger partial charge is 0.113 e. The van der Waals surface area contributed by atoms with Gasteiger partial charge in [0.05, 0.1) is 5.54 Å². The third-order valence-corrected chi connectivity index (χ3v) is 4.99.